The van der Waals surface area contributed by atoms with Crippen LogP contribution in [0.4, 0.5) is 0 Å². The molecule has 0 spiro atoms. The maximum absolute atomic E-state index is 12.2. The zero-order chi connectivity index (χ0) is 14.8. The lowest BCUT2D eigenvalue weighted by molar-refractivity contribution is 0.0696. The highest BCUT2D eigenvalue weighted by Crippen LogP contribution is 2.16. The van der Waals surface area contributed by atoms with Gasteiger partial charge in [0.1, 0.15) is 0 Å². The average Bonchev–Trinajstić information content (AvgIpc) is 2.82. The molecular weight excluding hydrogens is 286 g/mol. The molecule has 0 saturated carbocycles. The first kappa shape index (κ1) is 13.6. The van der Waals surface area contributed by atoms with Crippen LogP contribution < -0.4 is 5.56 Å². The summed E-state index contributed by atoms with van der Waals surface area (Å²) in [5.41, 5.74) is 1.21. The lowest BCUT2D eigenvalue weighted by atomic mass is 10.1. The van der Waals surface area contributed by atoms with Crippen molar-refractivity contribution >= 4 is 27.6 Å². The van der Waals surface area contributed by atoms with Gasteiger partial charge in [-0.3, -0.25) is 8.75 Å². The molecule has 2 aromatic carbocycles. The van der Waals surface area contributed by atoms with Crippen LogP contribution in [0.25, 0.3) is 10.1 Å². The summed E-state index contributed by atoms with van der Waals surface area (Å²) < 4.78 is 2.69. The van der Waals surface area contributed by atoms with E-state index in [1.165, 1.54) is 11.5 Å². The van der Waals surface area contributed by atoms with Gasteiger partial charge < -0.3 is 5.11 Å². The molecule has 0 aliphatic heterocycles. The van der Waals surface area contributed by atoms with Crippen molar-refractivity contribution < 1.29 is 9.90 Å². The Morgan fingerprint density at radius 3 is 2.71 bits per heavy atom. The fourth-order valence-electron chi connectivity index (χ4n) is 2.26. The zero-order valence-electron chi connectivity index (χ0n) is 11.2. The summed E-state index contributed by atoms with van der Waals surface area (Å²) in [7, 11) is 0. The second-order valence-electron chi connectivity index (χ2n) is 4.75. The fraction of sp³-hybridized carbons (Fsp3) is 0.125. The monoisotopic (exact) mass is 299 g/mol. The van der Waals surface area contributed by atoms with Gasteiger partial charge in [-0.05, 0) is 36.2 Å². The van der Waals surface area contributed by atoms with Crippen molar-refractivity contribution in [2.24, 2.45) is 0 Å². The van der Waals surface area contributed by atoms with Crippen molar-refractivity contribution in [3.63, 3.8) is 0 Å². The predicted molar refractivity (Wildman–Crippen MR) is 83.2 cm³/mol. The number of nitrogens with zero attached hydrogens (tertiary/aromatic N) is 1. The Labute approximate surface area is 125 Å². The largest absolute Gasteiger partial charge is 0.478 e. The van der Waals surface area contributed by atoms with E-state index in [0.29, 0.717) is 13.0 Å². The van der Waals surface area contributed by atoms with Crippen LogP contribution in [0.5, 0.6) is 0 Å². The Bertz CT molecular complexity index is 863. The van der Waals surface area contributed by atoms with Gasteiger partial charge in [0.2, 0.25) is 0 Å². The van der Waals surface area contributed by atoms with E-state index in [1.54, 1.807) is 22.2 Å². The Balaban J connectivity index is 1.83. The molecule has 5 heteroatoms. The lowest BCUT2D eigenvalue weighted by Gasteiger charge is -2.03. The number of aromatic carboxylic acids is 1. The summed E-state index contributed by atoms with van der Waals surface area (Å²) >= 11 is 1.44. The number of rotatable bonds is 4. The summed E-state index contributed by atoms with van der Waals surface area (Å²) in [6.07, 6.45) is 0.633. The van der Waals surface area contributed by atoms with Crippen LogP contribution in [0, 0.1) is 0 Å². The molecule has 0 aliphatic rings. The van der Waals surface area contributed by atoms with Crippen molar-refractivity contribution in [2.45, 2.75) is 13.0 Å². The number of carbonyl (C=O) groups is 1. The molecule has 1 aromatic heterocycles. The highest BCUT2D eigenvalue weighted by atomic mass is 32.1. The van der Waals surface area contributed by atoms with Gasteiger partial charge in [-0.1, -0.05) is 35.8 Å². The molecule has 0 radical (unpaired) electrons. The van der Waals surface area contributed by atoms with Crippen LogP contribution in [0.15, 0.2) is 53.3 Å². The Morgan fingerprint density at radius 2 is 1.95 bits per heavy atom. The molecule has 1 heterocycles. The molecule has 21 heavy (non-hydrogen) atoms. The van der Waals surface area contributed by atoms with Crippen molar-refractivity contribution in [3.05, 3.63) is 70.0 Å². The number of aryl methyl sites for hydroxylation is 2. The molecule has 0 unspecified atom stereocenters. The molecule has 0 amide bonds. The first-order valence-corrected chi connectivity index (χ1v) is 7.33. The number of carboxylic acid groups (broad SMARTS) is 1. The van der Waals surface area contributed by atoms with Crippen LogP contribution in [0.3, 0.4) is 0 Å². The number of benzene rings is 2. The quantitative estimate of drug-likeness (QED) is 0.805. The SMILES string of the molecule is O=C(O)c1cccc(CCn2sc3ccccc3c2=O)c1. The van der Waals surface area contributed by atoms with E-state index in [0.717, 1.165) is 15.6 Å². The average molecular weight is 299 g/mol. The predicted octanol–water partition coefficient (Wildman–Crippen LogP) is 3.00. The van der Waals surface area contributed by atoms with E-state index in [-0.39, 0.29) is 11.1 Å². The zero-order valence-corrected chi connectivity index (χ0v) is 12.0. The second-order valence-corrected chi connectivity index (χ2v) is 5.81. The molecule has 0 atom stereocenters. The summed E-state index contributed by atoms with van der Waals surface area (Å²) in [4.78, 5) is 23.1. The van der Waals surface area contributed by atoms with Crippen LogP contribution in [-0.2, 0) is 13.0 Å². The number of aromatic nitrogens is 1. The number of carboxylic acids is 1. The van der Waals surface area contributed by atoms with Gasteiger partial charge in [0, 0.05) is 6.54 Å². The molecule has 0 aliphatic carbocycles. The van der Waals surface area contributed by atoms with E-state index in [2.05, 4.69) is 0 Å². The maximum atomic E-state index is 12.2. The number of fused-ring (bicyclic) bond motifs is 1. The molecule has 0 bridgehead atoms. The highest BCUT2D eigenvalue weighted by molar-refractivity contribution is 7.13. The van der Waals surface area contributed by atoms with Crippen LogP contribution in [0.1, 0.15) is 15.9 Å². The summed E-state index contributed by atoms with van der Waals surface area (Å²) in [5.74, 6) is -0.934. The third kappa shape index (κ3) is 2.73. The van der Waals surface area contributed by atoms with Crippen molar-refractivity contribution in [2.75, 3.05) is 0 Å². The smallest absolute Gasteiger partial charge is 0.335 e. The standard InChI is InChI=1S/C16H13NO3S/c18-15-13-6-1-2-7-14(13)21-17(15)9-8-11-4-3-5-12(10-11)16(19)20/h1-7,10H,8-9H2,(H,19,20). The number of hydrogen-bond donors (Lipinski definition) is 1. The van der Waals surface area contributed by atoms with Gasteiger partial charge in [-0.2, -0.15) is 0 Å². The van der Waals surface area contributed by atoms with Crippen molar-refractivity contribution in [1.29, 1.82) is 0 Å². The van der Waals surface area contributed by atoms with Gasteiger partial charge in [0.15, 0.2) is 0 Å². The molecule has 3 rings (SSSR count). The third-order valence-electron chi connectivity index (χ3n) is 3.33. The Morgan fingerprint density at radius 1 is 1.14 bits per heavy atom. The van der Waals surface area contributed by atoms with E-state index < -0.39 is 5.97 Å². The Kier molecular flexibility index (Phi) is 3.58. The minimum atomic E-state index is -0.934. The first-order chi connectivity index (χ1) is 10.1. The topological polar surface area (TPSA) is 59.3 Å². The van der Waals surface area contributed by atoms with Gasteiger partial charge >= 0.3 is 5.97 Å². The molecule has 4 nitrogen and oxygen atoms in total. The fourth-order valence-corrected chi connectivity index (χ4v) is 3.25. The van der Waals surface area contributed by atoms with E-state index in [4.69, 9.17) is 5.11 Å². The van der Waals surface area contributed by atoms with Crippen molar-refractivity contribution in [1.82, 2.24) is 3.96 Å². The molecule has 0 saturated heterocycles. The molecule has 1 N–H and O–H groups in total. The summed E-state index contributed by atoms with van der Waals surface area (Å²) in [5, 5.41) is 9.72. The van der Waals surface area contributed by atoms with Gasteiger partial charge in [-0.15, -0.1) is 0 Å². The normalized spacial score (nSPS) is 10.9. The van der Waals surface area contributed by atoms with E-state index in [1.807, 2.05) is 30.3 Å². The van der Waals surface area contributed by atoms with E-state index >= 15 is 0 Å². The Hall–Kier alpha value is -2.40. The third-order valence-corrected chi connectivity index (χ3v) is 4.45. The van der Waals surface area contributed by atoms with Gasteiger partial charge in [0.25, 0.3) is 5.56 Å². The van der Waals surface area contributed by atoms with Gasteiger partial charge in [-0.25, -0.2) is 4.79 Å². The second kappa shape index (κ2) is 5.54. The summed E-state index contributed by atoms with van der Waals surface area (Å²) in [6.45, 7) is 0.557. The highest BCUT2D eigenvalue weighted by Gasteiger charge is 2.07. The van der Waals surface area contributed by atoms with Crippen LogP contribution in [0.2, 0.25) is 0 Å². The summed E-state index contributed by atoms with van der Waals surface area (Å²) in [6, 6.07) is 14.4. The minimum Gasteiger partial charge on any atom is -0.478 e. The number of hydrogen-bond acceptors (Lipinski definition) is 3. The van der Waals surface area contributed by atoms with Crippen LogP contribution >= 0.6 is 11.5 Å². The van der Waals surface area contributed by atoms with Crippen molar-refractivity contribution in [3.8, 4) is 0 Å². The van der Waals surface area contributed by atoms with E-state index in [9.17, 15) is 9.59 Å². The molecule has 3 aromatic rings. The maximum Gasteiger partial charge on any atom is 0.335 e. The lowest BCUT2D eigenvalue weighted by Crippen LogP contribution is -2.14. The molecule has 106 valence electrons. The minimum absolute atomic E-state index is 0.0185. The first-order valence-electron chi connectivity index (χ1n) is 6.56. The molecule has 0 fully saturated rings. The van der Waals surface area contributed by atoms with Gasteiger partial charge in [0.05, 0.1) is 15.6 Å². The van der Waals surface area contributed by atoms with Crippen LogP contribution in [-0.4, -0.2) is 15.0 Å². The molecular formula is C16H13NO3S.